The number of aromatic nitrogens is 2. The average molecular weight is 172 g/mol. The van der Waals surface area contributed by atoms with Crippen LogP contribution in [0.3, 0.4) is 0 Å². The Morgan fingerprint density at radius 2 is 2.38 bits per heavy atom. The molecule has 0 atom stereocenters. The molecule has 64 valence electrons. The Labute approximate surface area is 75.3 Å². The topological polar surface area (TPSA) is 34.4 Å². The normalized spacial score (nSPS) is 10.2. The molecule has 2 heterocycles. The lowest BCUT2D eigenvalue weighted by Gasteiger charge is -1.95. The fourth-order valence-electron chi connectivity index (χ4n) is 1.22. The van der Waals surface area contributed by atoms with Gasteiger partial charge in [0.05, 0.1) is 6.20 Å². The molecule has 0 spiro atoms. The second kappa shape index (κ2) is 2.86. The van der Waals surface area contributed by atoms with Crippen molar-refractivity contribution in [2.24, 2.45) is 0 Å². The van der Waals surface area contributed by atoms with Crippen LogP contribution >= 0.6 is 0 Å². The summed E-state index contributed by atoms with van der Waals surface area (Å²) in [6.45, 7) is 3.43. The minimum absolute atomic E-state index is 0.112. The summed E-state index contributed by atoms with van der Waals surface area (Å²) < 4.78 is 1.74. The Balaban J connectivity index is 2.71. The lowest BCUT2D eigenvalue weighted by molar-refractivity contribution is 0.104. The number of rotatable bonds is 2. The molecule has 0 saturated carbocycles. The van der Waals surface area contributed by atoms with Crippen LogP contribution in [0, 0.1) is 0 Å². The van der Waals surface area contributed by atoms with Gasteiger partial charge in [-0.2, -0.15) is 0 Å². The van der Waals surface area contributed by atoms with Crippen molar-refractivity contribution in [3.05, 3.63) is 48.9 Å². The monoisotopic (exact) mass is 172 g/mol. The zero-order chi connectivity index (χ0) is 9.26. The number of allylic oxidation sites excluding steroid dienone is 1. The minimum atomic E-state index is -0.112. The van der Waals surface area contributed by atoms with Gasteiger partial charge in [0.25, 0.3) is 0 Å². The van der Waals surface area contributed by atoms with Gasteiger partial charge in [-0.05, 0) is 18.2 Å². The summed E-state index contributed by atoms with van der Waals surface area (Å²) in [5.41, 5.74) is 1.32. The molecule has 0 N–H and O–H groups in total. The van der Waals surface area contributed by atoms with Crippen molar-refractivity contribution in [2.75, 3.05) is 0 Å². The largest absolute Gasteiger partial charge is 0.297 e. The standard InChI is InChI=1S/C10H8N2O/c1-2-9(13)8-7-11-10-5-3-4-6-12(8)10/h2-7H,1H2. The van der Waals surface area contributed by atoms with Gasteiger partial charge in [-0.25, -0.2) is 4.98 Å². The first-order valence-electron chi connectivity index (χ1n) is 3.92. The first-order valence-corrected chi connectivity index (χ1v) is 3.92. The Morgan fingerprint density at radius 3 is 3.15 bits per heavy atom. The molecule has 0 saturated heterocycles. The highest BCUT2D eigenvalue weighted by atomic mass is 16.1. The summed E-state index contributed by atoms with van der Waals surface area (Å²) in [4.78, 5) is 15.4. The quantitative estimate of drug-likeness (QED) is 0.510. The Bertz CT molecular complexity index is 470. The molecule has 3 heteroatoms. The van der Waals surface area contributed by atoms with Crippen LogP contribution in [0.25, 0.3) is 5.65 Å². The lowest BCUT2D eigenvalue weighted by atomic mass is 10.3. The maximum atomic E-state index is 11.3. The molecule has 0 aliphatic rings. The van der Waals surface area contributed by atoms with Crippen LogP contribution in [0.15, 0.2) is 43.2 Å². The molecular formula is C10H8N2O. The van der Waals surface area contributed by atoms with Gasteiger partial charge >= 0.3 is 0 Å². The van der Waals surface area contributed by atoms with E-state index in [4.69, 9.17) is 0 Å². The number of imidazole rings is 1. The number of fused-ring (bicyclic) bond motifs is 1. The number of hydrogen-bond acceptors (Lipinski definition) is 2. The van der Waals surface area contributed by atoms with Crippen LogP contribution in [0.1, 0.15) is 10.5 Å². The van der Waals surface area contributed by atoms with E-state index in [0.29, 0.717) is 5.69 Å². The maximum Gasteiger partial charge on any atom is 0.203 e. The predicted molar refractivity (Wildman–Crippen MR) is 49.7 cm³/mol. The number of hydrogen-bond donors (Lipinski definition) is 0. The summed E-state index contributed by atoms with van der Waals surface area (Å²) in [7, 11) is 0. The summed E-state index contributed by atoms with van der Waals surface area (Å²) in [5.74, 6) is -0.112. The third kappa shape index (κ3) is 1.14. The molecule has 0 bridgehead atoms. The average Bonchev–Trinajstić information content (AvgIpc) is 2.60. The molecule has 3 nitrogen and oxygen atoms in total. The van der Waals surface area contributed by atoms with Crippen molar-refractivity contribution in [2.45, 2.75) is 0 Å². The van der Waals surface area contributed by atoms with Crippen LogP contribution in [0.4, 0.5) is 0 Å². The van der Waals surface area contributed by atoms with E-state index in [9.17, 15) is 4.79 Å². The van der Waals surface area contributed by atoms with Crippen molar-refractivity contribution < 1.29 is 4.79 Å². The fraction of sp³-hybridized carbons (Fsp3) is 0. The van der Waals surface area contributed by atoms with Gasteiger partial charge in [0.15, 0.2) is 0 Å². The number of ketones is 1. The van der Waals surface area contributed by atoms with Crippen LogP contribution in [0.5, 0.6) is 0 Å². The molecule has 0 aliphatic carbocycles. The summed E-state index contributed by atoms with van der Waals surface area (Å²) in [6.07, 6.45) is 4.65. The van der Waals surface area contributed by atoms with Gasteiger partial charge < -0.3 is 0 Å². The fourth-order valence-corrected chi connectivity index (χ4v) is 1.22. The van der Waals surface area contributed by atoms with Gasteiger partial charge in [0.1, 0.15) is 11.3 Å². The van der Waals surface area contributed by atoms with E-state index in [-0.39, 0.29) is 5.78 Å². The van der Waals surface area contributed by atoms with Gasteiger partial charge in [0, 0.05) is 6.20 Å². The SMILES string of the molecule is C=CC(=O)c1cnc2ccccn12. The van der Waals surface area contributed by atoms with E-state index in [0.717, 1.165) is 5.65 Å². The second-order valence-corrected chi connectivity index (χ2v) is 2.64. The maximum absolute atomic E-state index is 11.3. The lowest BCUT2D eigenvalue weighted by Crippen LogP contribution is -1.98. The predicted octanol–water partition coefficient (Wildman–Crippen LogP) is 1.70. The van der Waals surface area contributed by atoms with Crippen LogP contribution in [0.2, 0.25) is 0 Å². The van der Waals surface area contributed by atoms with Crippen molar-refractivity contribution in [3.63, 3.8) is 0 Å². The molecule has 13 heavy (non-hydrogen) atoms. The Morgan fingerprint density at radius 1 is 1.54 bits per heavy atom. The Hall–Kier alpha value is -1.90. The van der Waals surface area contributed by atoms with Gasteiger partial charge in [-0.1, -0.05) is 12.6 Å². The van der Waals surface area contributed by atoms with Gasteiger partial charge in [0.2, 0.25) is 5.78 Å². The summed E-state index contributed by atoms with van der Waals surface area (Å²) in [5, 5.41) is 0. The number of carbonyl (C=O) groups excluding carboxylic acids is 1. The van der Waals surface area contributed by atoms with Crippen molar-refractivity contribution in [1.82, 2.24) is 9.38 Å². The molecular weight excluding hydrogens is 164 g/mol. The first kappa shape index (κ1) is 7.73. The zero-order valence-corrected chi connectivity index (χ0v) is 6.97. The molecule has 0 aromatic carbocycles. The highest BCUT2D eigenvalue weighted by molar-refractivity contribution is 6.03. The van der Waals surface area contributed by atoms with Crippen molar-refractivity contribution in [1.29, 1.82) is 0 Å². The van der Waals surface area contributed by atoms with E-state index in [1.165, 1.54) is 6.08 Å². The molecule has 2 aromatic heterocycles. The molecule has 2 rings (SSSR count). The smallest absolute Gasteiger partial charge is 0.203 e. The van der Waals surface area contributed by atoms with E-state index in [1.54, 1.807) is 16.8 Å². The number of nitrogens with zero attached hydrogens (tertiary/aromatic N) is 2. The Kier molecular flexibility index (Phi) is 1.70. The third-order valence-electron chi connectivity index (χ3n) is 1.85. The zero-order valence-electron chi connectivity index (χ0n) is 6.97. The number of carbonyl (C=O) groups is 1. The van der Waals surface area contributed by atoms with E-state index in [1.807, 2.05) is 18.2 Å². The van der Waals surface area contributed by atoms with Crippen LogP contribution in [-0.2, 0) is 0 Å². The minimum Gasteiger partial charge on any atom is -0.297 e. The highest BCUT2D eigenvalue weighted by Crippen LogP contribution is 2.06. The van der Waals surface area contributed by atoms with Gasteiger partial charge in [-0.3, -0.25) is 9.20 Å². The van der Waals surface area contributed by atoms with Crippen molar-refractivity contribution in [3.8, 4) is 0 Å². The van der Waals surface area contributed by atoms with E-state index < -0.39 is 0 Å². The molecule has 0 amide bonds. The summed E-state index contributed by atoms with van der Waals surface area (Å²) in [6, 6.07) is 5.58. The van der Waals surface area contributed by atoms with Crippen LogP contribution < -0.4 is 0 Å². The third-order valence-corrected chi connectivity index (χ3v) is 1.85. The molecule has 0 radical (unpaired) electrons. The highest BCUT2D eigenvalue weighted by Gasteiger charge is 2.06. The van der Waals surface area contributed by atoms with E-state index in [2.05, 4.69) is 11.6 Å². The molecule has 2 aromatic rings. The number of pyridine rings is 1. The summed E-state index contributed by atoms with van der Waals surface area (Å²) >= 11 is 0. The van der Waals surface area contributed by atoms with E-state index >= 15 is 0 Å². The molecule has 0 aliphatic heterocycles. The second-order valence-electron chi connectivity index (χ2n) is 2.64. The van der Waals surface area contributed by atoms with Crippen molar-refractivity contribution >= 4 is 11.4 Å². The molecule has 0 fully saturated rings. The molecule has 0 unspecified atom stereocenters. The van der Waals surface area contributed by atoms with Gasteiger partial charge in [-0.15, -0.1) is 0 Å². The first-order chi connectivity index (χ1) is 6.33. The van der Waals surface area contributed by atoms with Crippen LogP contribution in [-0.4, -0.2) is 15.2 Å².